The molecule has 0 aliphatic rings. The van der Waals surface area contributed by atoms with Gasteiger partial charge in [0.1, 0.15) is 36.2 Å². The maximum atomic E-state index is 11.4. The number of ether oxygens (including phenoxy) is 1. The molecule has 0 saturated heterocycles. The molecule has 0 spiro atoms. The third-order valence-corrected chi connectivity index (χ3v) is 5.84. The SMILES string of the molecule is CN(CCOc1ccc(C#Cc2ccccc2)cc1COO)S(C)(=O)=O.Oc1cc(O)cc(O)c1. The molecular formula is C25H27NO8S. The predicted octanol–water partition coefficient (Wildman–Crippen LogP) is 3.15. The van der Waals surface area contributed by atoms with Gasteiger partial charge >= 0.3 is 0 Å². The van der Waals surface area contributed by atoms with Gasteiger partial charge in [0.25, 0.3) is 0 Å². The summed E-state index contributed by atoms with van der Waals surface area (Å²) in [5.74, 6) is 6.18. The monoisotopic (exact) mass is 501 g/mol. The number of likely N-dealkylation sites (N-methyl/N-ethyl adjacent to an activating group) is 1. The van der Waals surface area contributed by atoms with Crippen molar-refractivity contribution in [1.29, 1.82) is 0 Å². The molecule has 10 heteroatoms. The van der Waals surface area contributed by atoms with Gasteiger partial charge in [-0.1, -0.05) is 30.0 Å². The van der Waals surface area contributed by atoms with Crippen LogP contribution in [0, 0.1) is 11.8 Å². The number of rotatable bonds is 7. The minimum absolute atomic E-state index is 0.0574. The number of phenols is 3. The summed E-state index contributed by atoms with van der Waals surface area (Å²) in [4.78, 5) is 4.23. The molecule has 0 aliphatic carbocycles. The number of hydrogen-bond donors (Lipinski definition) is 4. The molecule has 3 aromatic carbocycles. The molecule has 0 fully saturated rings. The Balaban J connectivity index is 0.000000402. The average molecular weight is 502 g/mol. The van der Waals surface area contributed by atoms with Gasteiger partial charge in [-0.25, -0.2) is 17.6 Å². The van der Waals surface area contributed by atoms with E-state index in [1.165, 1.54) is 11.4 Å². The predicted molar refractivity (Wildman–Crippen MR) is 131 cm³/mol. The van der Waals surface area contributed by atoms with Crippen LogP contribution in [0.3, 0.4) is 0 Å². The Kier molecular flexibility index (Phi) is 10.4. The summed E-state index contributed by atoms with van der Waals surface area (Å²) in [6.45, 7) is 0.336. The van der Waals surface area contributed by atoms with Crippen molar-refractivity contribution in [1.82, 2.24) is 4.31 Å². The van der Waals surface area contributed by atoms with E-state index in [-0.39, 0.29) is 37.0 Å². The van der Waals surface area contributed by atoms with Crippen molar-refractivity contribution in [3.8, 4) is 34.8 Å². The summed E-state index contributed by atoms with van der Waals surface area (Å²) in [5.41, 5.74) is 2.27. The number of sulfonamides is 1. The lowest BCUT2D eigenvalue weighted by atomic mass is 10.1. The van der Waals surface area contributed by atoms with Crippen LogP contribution in [0.2, 0.25) is 0 Å². The normalized spacial score (nSPS) is 10.6. The van der Waals surface area contributed by atoms with Crippen LogP contribution in [0.1, 0.15) is 16.7 Å². The van der Waals surface area contributed by atoms with Gasteiger partial charge in [0.05, 0.1) is 6.26 Å². The lowest BCUT2D eigenvalue weighted by molar-refractivity contribution is -0.253. The van der Waals surface area contributed by atoms with Crippen LogP contribution in [0.25, 0.3) is 0 Å². The second-order valence-corrected chi connectivity index (χ2v) is 9.44. The fourth-order valence-corrected chi connectivity index (χ4v) is 3.08. The second kappa shape index (κ2) is 13.2. The molecule has 3 rings (SSSR count). The van der Waals surface area contributed by atoms with Crippen molar-refractivity contribution >= 4 is 10.0 Å². The van der Waals surface area contributed by atoms with Crippen molar-refractivity contribution in [3.63, 3.8) is 0 Å². The zero-order valence-corrected chi connectivity index (χ0v) is 20.1. The highest BCUT2D eigenvalue weighted by Gasteiger charge is 2.11. The Morgan fingerprint density at radius 1 is 0.857 bits per heavy atom. The van der Waals surface area contributed by atoms with Crippen molar-refractivity contribution in [3.05, 3.63) is 83.4 Å². The molecule has 0 saturated carbocycles. The summed E-state index contributed by atoms with van der Waals surface area (Å²) >= 11 is 0. The molecule has 186 valence electrons. The van der Waals surface area contributed by atoms with Gasteiger partial charge in [-0.2, -0.15) is 0 Å². The van der Waals surface area contributed by atoms with Gasteiger partial charge in [-0.3, -0.25) is 5.26 Å². The Morgan fingerprint density at radius 2 is 1.43 bits per heavy atom. The van der Waals surface area contributed by atoms with E-state index in [2.05, 4.69) is 16.7 Å². The second-order valence-electron chi connectivity index (χ2n) is 7.35. The van der Waals surface area contributed by atoms with Crippen LogP contribution in [-0.4, -0.2) is 59.8 Å². The maximum Gasteiger partial charge on any atom is 0.211 e. The zero-order chi connectivity index (χ0) is 25.8. The maximum absolute atomic E-state index is 11.4. The number of phenolic OH excluding ortho intramolecular Hbond substituents is 3. The van der Waals surface area contributed by atoms with Gasteiger partial charge in [0.2, 0.25) is 10.0 Å². The molecule has 3 aromatic rings. The van der Waals surface area contributed by atoms with Gasteiger partial charge in [0, 0.05) is 48.5 Å². The topological polar surface area (TPSA) is 137 Å². The highest BCUT2D eigenvalue weighted by atomic mass is 32.2. The van der Waals surface area contributed by atoms with E-state index < -0.39 is 10.0 Å². The fraction of sp³-hybridized carbons (Fsp3) is 0.200. The number of benzene rings is 3. The molecule has 0 aliphatic heterocycles. The largest absolute Gasteiger partial charge is 0.508 e. The molecule has 9 nitrogen and oxygen atoms in total. The van der Waals surface area contributed by atoms with E-state index in [0.29, 0.717) is 11.3 Å². The van der Waals surface area contributed by atoms with E-state index in [0.717, 1.165) is 35.6 Å². The molecular weight excluding hydrogens is 474 g/mol. The Morgan fingerprint density at radius 3 is 1.97 bits per heavy atom. The minimum Gasteiger partial charge on any atom is -0.508 e. The van der Waals surface area contributed by atoms with Crippen LogP contribution >= 0.6 is 0 Å². The quantitative estimate of drug-likeness (QED) is 0.220. The fourth-order valence-electron chi connectivity index (χ4n) is 2.68. The summed E-state index contributed by atoms with van der Waals surface area (Å²) in [7, 11) is -1.76. The van der Waals surface area contributed by atoms with E-state index >= 15 is 0 Å². The van der Waals surface area contributed by atoms with Crippen LogP contribution in [0.15, 0.2) is 66.7 Å². The van der Waals surface area contributed by atoms with Crippen molar-refractivity contribution < 1.29 is 38.6 Å². The molecule has 35 heavy (non-hydrogen) atoms. The van der Waals surface area contributed by atoms with Crippen LogP contribution < -0.4 is 4.74 Å². The first-order chi connectivity index (χ1) is 16.6. The van der Waals surface area contributed by atoms with Crippen molar-refractivity contribution in [2.45, 2.75) is 6.61 Å². The zero-order valence-electron chi connectivity index (χ0n) is 19.2. The Bertz CT molecular complexity index is 1220. The van der Waals surface area contributed by atoms with E-state index in [1.54, 1.807) is 18.2 Å². The molecule has 0 bridgehead atoms. The van der Waals surface area contributed by atoms with Gasteiger partial charge in [0.15, 0.2) is 0 Å². The standard InChI is InChI=1S/C19H21NO5S.C6H6O3/c1-20(26(2,22)23)12-13-24-19-11-10-17(14-18(19)15-25-21)9-8-16-6-4-3-5-7-16;7-4-1-5(8)3-6(9)2-4/h3-7,10-11,14,21H,12-13,15H2,1-2H3;1-3,7-9H. The number of hydrogen-bond acceptors (Lipinski definition) is 8. The lowest BCUT2D eigenvalue weighted by Crippen LogP contribution is -2.29. The Hall–Kier alpha value is -3.75. The highest BCUT2D eigenvalue weighted by molar-refractivity contribution is 7.88. The van der Waals surface area contributed by atoms with Crippen LogP contribution in [0.5, 0.6) is 23.0 Å². The third-order valence-electron chi connectivity index (χ3n) is 4.52. The van der Waals surface area contributed by atoms with Gasteiger partial charge in [-0.15, -0.1) is 0 Å². The molecule has 0 aromatic heterocycles. The number of nitrogens with zero attached hydrogens (tertiary/aromatic N) is 1. The van der Waals surface area contributed by atoms with E-state index in [4.69, 9.17) is 25.3 Å². The van der Waals surface area contributed by atoms with Gasteiger partial charge < -0.3 is 20.1 Å². The first kappa shape index (κ1) is 27.5. The summed E-state index contributed by atoms with van der Waals surface area (Å²) in [6.07, 6.45) is 1.14. The summed E-state index contributed by atoms with van der Waals surface area (Å²) < 4.78 is 29.6. The van der Waals surface area contributed by atoms with Crippen molar-refractivity contribution in [2.24, 2.45) is 0 Å². The van der Waals surface area contributed by atoms with Crippen molar-refractivity contribution in [2.75, 3.05) is 26.5 Å². The third kappa shape index (κ3) is 9.95. The van der Waals surface area contributed by atoms with E-state index in [9.17, 15) is 8.42 Å². The minimum atomic E-state index is -3.25. The molecule has 0 amide bonds. The first-order valence-corrected chi connectivity index (χ1v) is 12.2. The van der Waals surface area contributed by atoms with Gasteiger partial charge in [-0.05, 0) is 30.3 Å². The number of aromatic hydroxyl groups is 3. The lowest BCUT2D eigenvalue weighted by Gasteiger charge is -2.16. The van der Waals surface area contributed by atoms with E-state index in [1.807, 2.05) is 30.3 Å². The smallest absolute Gasteiger partial charge is 0.211 e. The van der Waals surface area contributed by atoms with Crippen LogP contribution in [0.4, 0.5) is 0 Å². The average Bonchev–Trinajstić information content (AvgIpc) is 2.78. The molecule has 0 radical (unpaired) electrons. The summed E-state index contributed by atoms with van der Waals surface area (Å²) in [5, 5.41) is 34.8. The molecule has 0 heterocycles. The Labute approximate surface area is 204 Å². The molecule has 4 N–H and O–H groups in total. The summed E-state index contributed by atoms with van der Waals surface area (Å²) in [6, 6.07) is 18.3. The molecule has 0 unspecified atom stereocenters. The first-order valence-electron chi connectivity index (χ1n) is 10.3. The highest BCUT2D eigenvalue weighted by Crippen LogP contribution is 2.24. The van der Waals surface area contributed by atoms with Crippen LogP contribution in [-0.2, 0) is 21.5 Å². The molecule has 0 atom stereocenters.